The number of esters is 1. The van der Waals surface area contributed by atoms with Crippen LogP contribution >= 0.6 is 12.4 Å². The molecular formula is C11H13ClN4O3. The summed E-state index contributed by atoms with van der Waals surface area (Å²) in [5, 5.41) is 11.7. The number of hydrazine groups is 1. The standard InChI is InChI=1S/C11H12N4O3.ClH/c1-2-3-18-11(17)9-7(4-12)5-14-6-8(13)10(16)15(9)14;/h2,8H,1,3,5-6,13H2;1H/t8-;/m1./s1. The monoisotopic (exact) mass is 284 g/mol. The molecule has 0 saturated carbocycles. The molecule has 1 saturated heterocycles. The Morgan fingerprint density at radius 1 is 1.68 bits per heavy atom. The number of halogens is 1. The first-order valence-electron chi connectivity index (χ1n) is 5.35. The van der Waals surface area contributed by atoms with Crippen molar-refractivity contribution in [2.24, 2.45) is 5.73 Å². The molecule has 0 aliphatic carbocycles. The first kappa shape index (κ1) is 15.2. The fourth-order valence-corrected chi connectivity index (χ4v) is 1.96. The van der Waals surface area contributed by atoms with Crippen LogP contribution < -0.4 is 5.73 Å². The Hall–Kier alpha value is -1.88. The van der Waals surface area contributed by atoms with Crippen molar-refractivity contribution in [3.63, 3.8) is 0 Å². The van der Waals surface area contributed by atoms with Crippen LogP contribution in [0.3, 0.4) is 0 Å². The number of carbonyl (C=O) groups is 2. The van der Waals surface area contributed by atoms with Gasteiger partial charge in [0, 0.05) is 6.54 Å². The second-order valence-corrected chi connectivity index (χ2v) is 3.93. The van der Waals surface area contributed by atoms with Gasteiger partial charge in [-0.25, -0.2) is 14.8 Å². The number of nitrogens with two attached hydrogens (primary N) is 1. The largest absolute Gasteiger partial charge is 0.457 e. The Balaban J connectivity index is 0.00000180. The lowest BCUT2D eigenvalue weighted by molar-refractivity contribution is -0.146. The van der Waals surface area contributed by atoms with Gasteiger partial charge in [-0.2, -0.15) is 5.26 Å². The highest BCUT2D eigenvalue weighted by Crippen LogP contribution is 2.28. The minimum atomic E-state index is -0.712. The molecule has 0 spiro atoms. The lowest BCUT2D eigenvalue weighted by atomic mass is 10.2. The van der Waals surface area contributed by atoms with Crippen molar-refractivity contribution in [2.45, 2.75) is 6.04 Å². The molecule has 0 aromatic heterocycles. The molecule has 0 aromatic carbocycles. The first-order valence-corrected chi connectivity index (χ1v) is 5.35. The summed E-state index contributed by atoms with van der Waals surface area (Å²) >= 11 is 0. The number of hydrogen-bond acceptors (Lipinski definition) is 6. The van der Waals surface area contributed by atoms with Crippen molar-refractivity contribution in [1.29, 1.82) is 5.26 Å². The van der Waals surface area contributed by atoms with E-state index < -0.39 is 17.9 Å². The highest BCUT2D eigenvalue weighted by molar-refractivity contribution is 5.98. The van der Waals surface area contributed by atoms with Gasteiger partial charge < -0.3 is 10.5 Å². The van der Waals surface area contributed by atoms with E-state index in [0.717, 1.165) is 5.01 Å². The van der Waals surface area contributed by atoms with Crippen LogP contribution in [0.2, 0.25) is 0 Å². The zero-order valence-corrected chi connectivity index (χ0v) is 10.9. The molecule has 8 heteroatoms. The van der Waals surface area contributed by atoms with E-state index in [9.17, 15) is 9.59 Å². The average molecular weight is 285 g/mol. The highest BCUT2D eigenvalue weighted by Gasteiger charge is 2.46. The van der Waals surface area contributed by atoms with Gasteiger partial charge >= 0.3 is 5.97 Å². The quantitative estimate of drug-likeness (QED) is 0.544. The number of amides is 1. The van der Waals surface area contributed by atoms with Crippen LogP contribution in [0.25, 0.3) is 0 Å². The van der Waals surface area contributed by atoms with Crippen LogP contribution in [-0.4, -0.2) is 47.6 Å². The molecule has 2 N–H and O–H groups in total. The molecule has 0 aromatic rings. The smallest absolute Gasteiger partial charge is 0.357 e. The van der Waals surface area contributed by atoms with E-state index in [1.165, 1.54) is 6.08 Å². The molecule has 19 heavy (non-hydrogen) atoms. The Bertz CT molecular complexity index is 497. The molecule has 7 nitrogen and oxygen atoms in total. The molecule has 1 atom stereocenters. The molecule has 2 aliphatic rings. The van der Waals surface area contributed by atoms with Gasteiger partial charge in [0.2, 0.25) is 0 Å². The third-order valence-electron chi connectivity index (χ3n) is 2.72. The van der Waals surface area contributed by atoms with Gasteiger partial charge in [-0.15, -0.1) is 12.4 Å². The molecule has 2 aliphatic heterocycles. The molecule has 0 unspecified atom stereocenters. The SMILES string of the molecule is C=CCOC(=O)C1=C(C#N)CN2C[C@@H](N)C(=O)N12.Cl. The lowest BCUT2D eigenvalue weighted by Gasteiger charge is -2.20. The average Bonchev–Trinajstić information content (AvgIpc) is 2.84. The van der Waals surface area contributed by atoms with Crippen LogP contribution in [0.4, 0.5) is 0 Å². The van der Waals surface area contributed by atoms with E-state index in [1.54, 1.807) is 5.01 Å². The fraction of sp³-hybridized carbons (Fsp3) is 0.364. The third-order valence-corrected chi connectivity index (χ3v) is 2.72. The summed E-state index contributed by atoms with van der Waals surface area (Å²) in [5.74, 6) is -1.11. The predicted octanol–water partition coefficient (Wildman–Crippen LogP) is -0.685. The lowest BCUT2D eigenvalue weighted by Crippen LogP contribution is -2.37. The van der Waals surface area contributed by atoms with Crippen LogP contribution in [0.5, 0.6) is 0 Å². The van der Waals surface area contributed by atoms with Crippen molar-refractivity contribution >= 4 is 24.3 Å². The number of fused-ring (bicyclic) bond motifs is 1. The maximum atomic E-state index is 11.8. The van der Waals surface area contributed by atoms with Gasteiger partial charge in [-0.05, 0) is 0 Å². The summed E-state index contributed by atoms with van der Waals surface area (Å²) in [5.41, 5.74) is 5.79. The third kappa shape index (κ3) is 2.46. The number of nitriles is 1. The van der Waals surface area contributed by atoms with Crippen molar-refractivity contribution in [2.75, 3.05) is 19.7 Å². The van der Waals surface area contributed by atoms with Crippen molar-refractivity contribution < 1.29 is 14.3 Å². The molecule has 2 rings (SSSR count). The second-order valence-electron chi connectivity index (χ2n) is 3.93. The Labute approximate surface area is 116 Å². The zero-order chi connectivity index (χ0) is 13.3. The summed E-state index contributed by atoms with van der Waals surface area (Å²) in [6.07, 6.45) is 1.41. The van der Waals surface area contributed by atoms with Crippen molar-refractivity contribution in [1.82, 2.24) is 10.0 Å². The summed E-state index contributed by atoms with van der Waals surface area (Å²) in [6, 6.07) is 1.24. The molecule has 0 bridgehead atoms. The van der Waals surface area contributed by atoms with Crippen LogP contribution in [0.1, 0.15) is 0 Å². The maximum absolute atomic E-state index is 11.8. The predicted molar refractivity (Wildman–Crippen MR) is 67.4 cm³/mol. The highest BCUT2D eigenvalue weighted by atomic mass is 35.5. The second kappa shape index (κ2) is 5.84. The van der Waals surface area contributed by atoms with Crippen LogP contribution in [0, 0.1) is 11.3 Å². The Kier molecular flexibility index (Phi) is 4.67. The number of rotatable bonds is 3. The summed E-state index contributed by atoms with van der Waals surface area (Å²) in [4.78, 5) is 23.7. The molecule has 102 valence electrons. The Morgan fingerprint density at radius 3 is 2.95 bits per heavy atom. The normalized spacial score (nSPS) is 21.8. The van der Waals surface area contributed by atoms with Gasteiger partial charge in [0.25, 0.3) is 5.91 Å². The maximum Gasteiger partial charge on any atom is 0.357 e. The summed E-state index contributed by atoms with van der Waals surface area (Å²) < 4.78 is 4.87. The van der Waals surface area contributed by atoms with Gasteiger partial charge in [-0.3, -0.25) is 4.79 Å². The van der Waals surface area contributed by atoms with Gasteiger partial charge in [-0.1, -0.05) is 12.7 Å². The van der Waals surface area contributed by atoms with Gasteiger partial charge in [0.05, 0.1) is 18.2 Å². The van der Waals surface area contributed by atoms with Crippen LogP contribution in [-0.2, 0) is 14.3 Å². The number of carbonyl (C=O) groups excluding carboxylic acids is 2. The number of hydrogen-bond donors (Lipinski definition) is 1. The molecule has 0 radical (unpaired) electrons. The van der Waals surface area contributed by atoms with E-state index in [2.05, 4.69) is 6.58 Å². The number of nitrogens with zero attached hydrogens (tertiary/aromatic N) is 3. The van der Waals surface area contributed by atoms with E-state index in [1.807, 2.05) is 6.07 Å². The molecule has 1 amide bonds. The van der Waals surface area contributed by atoms with Gasteiger partial charge in [0.15, 0.2) is 5.70 Å². The van der Waals surface area contributed by atoms with E-state index in [-0.39, 0.29) is 36.8 Å². The summed E-state index contributed by atoms with van der Waals surface area (Å²) in [6.45, 7) is 3.94. The van der Waals surface area contributed by atoms with E-state index in [4.69, 9.17) is 15.7 Å². The first-order chi connectivity index (χ1) is 8.60. The molecular weight excluding hydrogens is 272 g/mol. The molecule has 2 heterocycles. The summed E-state index contributed by atoms with van der Waals surface area (Å²) in [7, 11) is 0. The fourth-order valence-electron chi connectivity index (χ4n) is 1.96. The molecule has 1 fully saturated rings. The van der Waals surface area contributed by atoms with Crippen LogP contribution in [0.15, 0.2) is 23.9 Å². The minimum Gasteiger partial charge on any atom is -0.457 e. The van der Waals surface area contributed by atoms with E-state index in [0.29, 0.717) is 6.54 Å². The van der Waals surface area contributed by atoms with E-state index >= 15 is 0 Å². The van der Waals surface area contributed by atoms with Gasteiger partial charge in [0.1, 0.15) is 12.6 Å². The topological polar surface area (TPSA) is 99.7 Å². The Morgan fingerprint density at radius 2 is 2.37 bits per heavy atom. The minimum absolute atomic E-state index is 0. The number of ether oxygens (including phenoxy) is 1. The van der Waals surface area contributed by atoms with Crippen molar-refractivity contribution in [3.05, 3.63) is 23.9 Å². The van der Waals surface area contributed by atoms with Crippen molar-refractivity contribution in [3.8, 4) is 6.07 Å². The zero-order valence-electron chi connectivity index (χ0n) is 10.0.